The first-order valence-corrected chi connectivity index (χ1v) is 5.47. The molecule has 4 N–H and O–H groups in total. The van der Waals surface area contributed by atoms with Crippen LogP contribution in [0.3, 0.4) is 0 Å². The van der Waals surface area contributed by atoms with E-state index in [2.05, 4.69) is 25.8 Å². The van der Waals surface area contributed by atoms with Crippen LogP contribution in [0.4, 0.5) is 10.7 Å². The Morgan fingerprint density at radius 3 is 2.32 bits per heavy atom. The first kappa shape index (κ1) is 14.8. The van der Waals surface area contributed by atoms with Gasteiger partial charge in [-0.3, -0.25) is 5.32 Å². The minimum atomic E-state index is -1.42. The molecule has 1 heterocycles. The van der Waals surface area contributed by atoms with Crippen molar-refractivity contribution in [2.24, 2.45) is 0 Å². The van der Waals surface area contributed by atoms with Crippen LogP contribution in [0.15, 0.2) is 0 Å². The first-order chi connectivity index (χ1) is 8.81. The molecule has 0 fully saturated rings. The lowest BCUT2D eigenvalue weighted by atomic mass is 10.2. The SMILES string of the molecule is Cc1nnc(NC(=O)NC(C(=O)O)C(C)O)nc1C. The smallest absolute Gasteiger partial charge is 0.328 e. The third-order valence-electron chi connectivity index (χ3n) is 2.35. The Morgan fingerprint density at radius 2 is 1.84 bits per heavy atom. The number of aliphatic carboxylic acids is 1. The number of amides is 2. The zero-order valence-corrected chi connectivity index (χ0v) is 10.7. The van der Waals surface area contributed by atoms with Crippen molar-refractivity contribution in [3.63, 3.8) is 0 Å². The maximum absolute atomic E-state index is 11.5. The average Bonchev–Trinajstić information content (AvgIpc) is 2.30. The van der Waals surface area contributed by atoms with Gasteiger partial charge in [0.25, 0.3) is 5.95 Å². The zero-order chi connectivity index (χ0) is 14.6. The van der Waals surface area contributed by atoms with E-state index in [0.717, 1.165) is 0 Å². The summed E-state index contributed by atoms with van der Waals surface area (Å²) < 4.78 is 0. The molecule has 0 aliphatic rings. The van der Waals surface area contributed by atoms with E-state index in [9.17, 15) is 14.7 Å². The summed E-state index contributed by atoms with van der Waals surface area (Å²) in [4.78, 5) is 26.3. The van der Waals surface area contributed by atoms with Crippen LogP contribution in [0.1, 0.15) is 18.3 Å². The van der Waals surface area contributed by atoms with Crippen LogP contribution in [0.5, 0.6) is 0 Å². The summed E-state index contributed by atoms with van der Waals surface area (Å²) in [6.45, 7) is 4.67. The number of aliphatic hydroxyl groups excluding tert-OH is 1. The van der Waals surface area contributed by atoms with E-state index < -0.39 is 24.1 Å². The molecule has 2 unspecified atom stereocenters. The molecule has 0 aromatic carbocycles. The van der Waals surface area contributed by atoms with Crippen molar-refractivity contribution in [3.8, 4) is 0 Å². The molecule has 104 valence electrons. The van der Waals surface area contributed by atoms with Crippen LogP contribution in [0, 0.1) is 13.8 Å². The van der Waals surface area contributed by atoms with Gasteiger partial charge in [0.2, 0.25) is 0 Å². The number of aromatic nitrogens is 3. The van der Waals surface area contributed by atoms with E-state index in [0.29, 0.717) is 11.4 Å². The summed E-state index contributed by atoms with van der Waals surface area (Å²) in [6, 6.07) is -2.25. The van der Waals surface area contributed by atoms with Gasteiger partial charge in [-0.05, 0) is 20.8 Å². The van der Waals surface area contributed by atoms with E-state index in [1.165, 1.54) is 6.92 Å². The van der Waals surface area contributed by atoms with Crippen LogP contribution in [0.2, 0.25) is 0 Å². The van der Waals surface area contributed by atoms with Gasteiger partial charge in [-0.2, -0.15) is 5.10 Å². The molecule has 0 aliphatic carbocycles. The van der Waals surface area contributed by atoms with Gasteiger partial charge >= 0.3 is 12.0 Å². The van der Waals surface area contributed by atoms with Crippen molar-refractivity contribution in [2.45, 2.75) is 32.9 Å². The molecule has 0 radical (unpaired) electrons. The number of carboxylic acid groups (broad SMARTS) is 1. The topological polar surface area (TPSA) is 137 Å². The average molecular weight is 269 g/mol. The molecule has 0 spiro atoms. The number of aryl methyl sites for hydroxylation is 2. The number of nitrogens with zero attached hydrogens (tertiary/aromatic N) is 3. The predicted octanol–water partition coefficient (Wildman–Crippen LogP) is -0.556. The normalized spacial score (nSPS) is 13.5. The third kappa shape index (κ3) is 4.14. The lowest BCUT2D eigenvalue weighted by Gasteiger charge is -2.16. The monoisotopic (exact) mass is 269 g/mol. The van der Waals surface area contributed by atoms with Crippen molar-refractivity contribution >= 4 is 17.9 Å². The second-order valence-electron chi connectivity index (χ2n) is 3.96. The number of carboxylic acids is 1. The van der Waals surface area contributed by atoms with Gasteiger partial charge in [-0.15, -0.1) is 5.10 Å². The Bertz CT molecular complexity index is 491. The summed E-state index contributed by atoms with van der Waals surface area (Å²) in [6.07, 6.45) is -1.23. The zero-order valence-electron chi connectivity index (χ0n) is 10.7. The number of hydrogen-bond donors (Lipinski definition) is 4. The molecular weight excluding hydrogens is 254 g/mol. The van der Waals surface area contributed by atoms with E-state index >= 15 is 0 Å². The Labute approximate surface area is 109 Å². The molecule has 1 aromatic rings. The minimum Gasteiger partial charge on any atom is -0.480 e. The van der Waals surface area contributed by atoms with Crippen molar-refractivity contribution in [3.05, 3.63) is 11.4 Å². The molecule has 9 nitrogen and oxygen atoms in total. The van der Waals surface area contributed by atoms with Gasteiger partial charge in [0.15, 0.2) is 6.04 Å². The summed E-state index contributed by atoms with van der Waals surface area (Å²) in [5.41, 5.74) is 1.22. The van der Waals surface area contributed by atoms with Crippen LogP contribution in [-0.4, -0.2) is 49.5 Å². The minimum absolute atomic E-state index is 0.0460. The largest absolute Gasteiger partial charge is 0.480 e. The number of carbonyl (C=O) groups excluding carboxylic acids is 1. The molecule has 0 aliphatic heterocycles. The van der Waals surface area contributed by atoms with Crippen LogP contribution >= 0.6 is 0 Å². The van der Waals surface area contributed by atoms with Crippen molar-refractivity contribution in [1.82, 2.24) is 20.5 Å². The Kier molecular flexibility index (Phi) is 4.70. The van der Waals surface area contributed by atoms with E-state index in [-0.39, 0.29) is 5.95 Å². The van der Waals surface area contributed by atoms with Gasteiger partial charge in [-0.1, -0.05) is 0 Å². The fourth-order valence-electron chi connectivity index (χ4n) is 1.18. The fourth-order valence-corrected chi connectivity index (χ4v) is 1.18. The van der Waals surface area contributed by atoms with Crippen molar-refractivity contribution in [1.29, 1.82) is 0 Å². The van der Waals surface area contributed by atoms with Gasteiger partial charge in [0.05, 0.1) is 17.5 Å². The van der Waals surface area contributed by atoms with Gasteiger partial charge in [-0.25, -0.2) is 14.6 Å². The molecule has 2 atom stereocenters. The van der Waals surface area contributed by atoms with E-state index in [1.54, 1.807) is 13.8 Å². The Hall–Kier alpha value is -2.29. The standard InChI is InChI=1S/C10H15N5O4/c1-4-5(2)14-15-9(11-4)13-10(19)12-7(6(3)16)8(17)18/h6-7,16H,1-3H3,(H,17,18)(H2,11,12,13,15,19). The highest BCUT2D eigenvalue weighted by Crippen LogP contribution is 2.02. The fraction of sp³-hybridized carbons (Fsp3) is 0.500. The second-order valence-corrected chi connectivity index (χ2v) is 3.96. The van der Waals surface area contributed by atoms with Gasteiger partial charge < -0.3 is 15.5 Å². The molecule has 1 aromatic heterocycles. The maximum Gasteiger partial charge on any atom is 0.328 e. The molecule has 9 heteroatoms. The predicted molar refractivity (Wildman–Crippen MR) is 64.6 cm³/mol. The molecular formula is C10H15N5O4. The number of anilines is 1. The molecule has 2 amide bonds. The van der Waals surface area contributed by atoms with E-state index in [4.69, 9.17) is 5.11 Å². The van der Waals surface area contributed by atoms with E-state index in [1.807, 2.05) is 0 Å². The van der Waals surface area contributed by atoms with Crippen molar-refractivity contribution < 1.29 is 19.8 Å². The Morgan fingerprint density at radius 1 is 1.21 bits per heavy atom. The lowest BCUT2D eigenvalue weighted by molar-refractivity contribution is -0.141. The molecule has 0 bridgehead atoms. The highest BCUT2D eigenvalue weighted by Gasteiger charge is 2.25. The van der Waals surface area contributed by atoms with Gasteiger partial charge in [0.1, 0.15) is 0 Å². The van der Waals surface area contributed by atoms with Crippen LogP contribution < -0.4 is 10.6 Å². The number of aliphatic hydroxyl groups is 1. The number of urea groups is 1. The summed E-state index contributed by atoms with van der Waals surface area (Å²) in [7, 11) is 0. The summed E-state index contributed by atoms with van der Waals surface area (Å²) in [5.74, 6) is -1.39. The number of nitrogens with one attached hydrogen (secondary N) is 2. The van der Waals surface area contributed by atoms with Crippen molar-refractivity contribution in [2.75, 3.05) is 5.32 Å². The highest BCUT2D eigenvalue weighted by molar-refractivity contribution is 5.90. The van der Waals surface area contributed by atoms with Gasteiger partial charge in [0, 0.05) is 0 Å². The number of hydrogen-bond acceptors (Lipinski definition) is 6. The maximum atomic E-state index is 11.5. The first-order valence-electron chi connectivity index (χ1n) is 5.47. The molecule has 1 rings (SSSR count). The summed E-state index contributed by atoms with van der Waals surface area (Å²) in [5, 5.41) is 29.7. The molecule has 19 heavy (non-hydrogen) atoms. The third-order valence-corrected chi connectivity index (χ3v) is 2.35. The number of rotatable bonds is 4. The highest BCUT2D eigenvalue weighted by atomic mass is 16.4. The van der Waals surface area contributed by atoms with Crippen LogP contribution in [-0.2, 0) is 4.79 Å². The lowest BCUT2D eigenvalue weighted by Crippen LogP contribution is -2.49. The summed E-state index contributed by atoms with van der Waals surface area (Å²) >= 11 is 0. The molecule has 0 saturated heterocycles. The Balaban J connectivity index is 2.69. The molecule has 0 saturated carbocycles. The van der Waals surface area contributed by atoms with Crippen LogP contribution in [0.25, 0.3) is 0 Å². The number of carbonyl (C=O) groups is 2. The quantitative estimate of drug-likeness (QED) is 0.575. The second kappa shape index (κ2) is 6.05.